The lowest BCUT2D eigenvalue weighted by Crippen LogP contribution is -2.05. The van der Waals surface area contributed by atoms with Crippen LogP contribution in [-0.4, -0.2) is 15.6 Å². The third-order valence-electron chi connectivity index (χ3n) is 4.20. The zero-order chi connectivity index (χ0) is 18.9. The van der Waals surface area contributed by atoms with Gasteiger partial charge in [0.1, 0.15) is 0 Å². The molecule has 0 saturated carbocycles. The summed E-state index contributed by atoms with van der Waals surface area (Å²) in [5.41, 5.74) is 2.49. The van der Waals surface area contributed by atoms with Crippen molar-refractivity contribution in [1.29, 1.82) is 0 Å². The van der Waals surface area contributed by atoms with Gasteiger partial charge in [-0.3, -0.25) is 0 Å². The SMILES string of the molecule is C/C(=C\C(=O)O)c1ccc2c(ccn2Cc2ccc(C(F)(F)F)cc2)c1. The van der Waals surface area contributed by atoms with Gasteiger partial charge in [-0.1, -0.05) is 18.2 Å². The Bertz CT molecular complexity index is 982. The van der Waals surface area contributed by atoms with Crippen molar-refractivity contribution < 1.29 is 23.1 Å². The van der Waals surface area contributed by atoms with Crippen molar-refractivity contribution in [1.82, 2.24) is 4.57 Å². The monoisotopic (exact) mass is 359 g/mol. The van der Waals surface area contributed by atoms with Crippen LogP contribution < -0.4 is 0 Å². The lowest BCUT2D eigenvalue weighted by Gasteiger charge is -2.09. The van der Waals surface area contributed by atoms with Crippen LogP contribution in [0.2, 0.25) is 0 Å². The molecule has 1 N–H and O–H groups in total. The van der Waals surface area contributed by atoms with Crippen LogP contribution in [0, 0.1) is 0 Å². The first kappa shape index (κ1) is 17.8. The zero-order valence-electron chi connectivity index (χ0n) is 13.9. The molecule has 6 heteroatoms. The Labute approximate surface area is 148 Å². The first-order chi connectivity index (χ1) is 12.2. The third kappa shape index (κ3) is 3.79. The number of nitrogens with zero attached hydrogens (tertiary/aromatic N) is 1. The summed E-state index contributed by atoms with van der Waals surface area (Å²) in [6.45, 7) is 2.18. The molecule has 3 nitrogen and oxygen atoms in total. The van der Waals surface area contributed by atoms with E-state index in [9.17, 15) is 18.0 Å². The molecule has 0 atom stereocenters. The summed E-state index contributed by atoms with van der Waals surface area (Å²) >= 11 is 0. The highest BCUT2D eigenvalue weighted by atomic mass is 19.4. The van der Waals surface area contributed by atoms with Gasteiger partial charge in [-0.2, -0.15) is 13.2 Å². The number of allylic oxidation sites excluding steroid dienone is 1. The van der Waals surface area contributed by atoms with E-state index >= 15 is 0 Å². The number of aliphatic carboxylic acids is 1. The largest absolute Gasteiger partial charge is 0.478 e. The van der Waals surface area contributed by atoms with Crippen molar-refractivity contribution in [3.8, 4) is 0 Å². The van der Waals surface area contributed by atoms with E-state index in [0.29, 0.717) is 12.1 Å². The number of carboxylic acid groups (broad SMARTS) is 1. The van der Waals surface area contributed by atoms with E-state index in [-0.39, 0.29) is 0 Å². The average molecular weight is 359 g/mol. The van der Waals surface area contributed by atoms with Gasteiger partial charge >= 0.3 is 12.1 Å². The van der Waals surface area contributed by atoms with Crippen molar-refractivity contribution >= 4 is 22.4 Å². The average Bonchev–Trinajstić information content (AvgIpc) is 2.96. The zero-order valence-corrected chi connectivity index (χ0v) is 13.9. The van der Waals surface area contributed by atoms with E-state index in [2.05, 4.69) is 0 Å². The Balaban J connectivity index is 1.87. The molecule has 26 heavy (non-hydrogen) atoms. The Morgan fingerprint density at radius 2 is 1.81 bits per heavy atom. The lowest BCUT2D eigenvalue weighted by atomic mass is 10.1. The number of fused-ring (bicyclic) bond motifs is 1. The second-order valence-electron chi connectivity index (χ2n) is 6.08. The van der Waals surface area contributed by atoms with Gasteiger partial charge < -0.3 is 9.67 Å². The van der Waals surface area contributed by atoms with Crippen molar-refractivity contribution in [3.05, 3.63) is 77.5 Å². The smallest absolute Gasteiger partial charge is 0.416 e. The van der Waals surface area contributed by atoms with Crippen molar-refractivity contribution in [3.63, 3.8) is 0 Å². The highest BCUT2D eigenvalue weighted by Crippen LogP contribution is 2.29. The highest BCUT2D eigenvalue weighted by molar-refractivity contribution is 5.91. The molecule has 0 aliphatic heterocycles. The van der Waals surface area contributed by atoms with Gasteiger partial charge in [0.15, 0.2) is 0 Å². The Morgan fingerprint density at radius 3 is 2.42 bits per heavy atom. The van der Waals surface area contributed by atoms with Crippen LogP contribution in [0.5, 0.6) is 0 Å². The molecule has 0 radical (unpaired) electrons. The van der Waals surface area contributed by atoms with E-state index in [4.69, 9.17) is 5.11 Å². The van der Waals surface area contributed by atoms with Crippen molar-refractivity contribution in [2.24, 2.45) is 0 Å². The maximum atomic E-state index is 12.6. The fourth-order valence-corrected chi connectivity index (χ4v) is 2.85. The summed E-state index contributed by atoms with van der Waals surface area (Å²) < 4.78 is 39.9. The maximum Gasteiger partial charge on any atom is 0.416 e. The molecule has 134 valence electrons. The molecule has 0 bridgehead atoms. The van der Waals surface area contributed by atoms with Crippen LogP contribution in [0.3, 0.4) is 0 Å². The number of benzene rings is 2. The molecule has 3 aromatic rings. The Hall–Kier alpha value is -3.02. The molecular weight excluding hydrogens is 343 g/mol. The van der Waals surface area contributed by atoms with Gasteiger partial charge in [0, 0.05) is 29.7 Å². The number of carboxylic acids is 1. The molecule has 0 unspecified atom stereocenters. The summed E-state index contributed by atoms with van der Waals surface area (Å²) in [4.78, 5) is 10.8. The number of hydrogen-bond acceptors (Lipinski definition) is 1. The Kier molecular flexibility index (Phi) is 4.59. The minimum Gasteiger partial charge on any atom is -0.478 e. The summed E-state index contributed by atoms with van der Waals surface area (Å²) in [5.74, 6) is -0.998. The number of aromatic nitrogens is 1. The number of hydrogen-bond donors (Lipinski definition) is 1. The van der Waals surface area contributed by atoms with Crippen LogP contribution in [0.25, 0.3) is 16.5 Å². The maximum absolute atomic E-state index is 12.6. The van der Waals surface area contributed by atoms with Crippen LogP contribution >= 0.6 is 0 Å². The van der Waals surface area contributed by atoms with Crippen molar-refractivity contribution in [2.75, 3.05) is 0 Å². The first-order valence-electron chi connectivity index (χ1n) is 7.91. The molecule has 0 aliphatic carbocycles. The quantitative estimate of drug-likeness (QED) is 0.651. The van der Waals surface area contributed by atoms with Crippen molar-refractivity contribution in [2.45, 2.75) is 19.6 Å². The molecule has 2 aromatic carbocycles. The summed E-state index contributed by atoms with van der Waals surface area (Å²) in [6, 6.07) is 12.6. The van der Waals surface area contributed by atoms with E-state index in [0.717, 1.165) is 40.2 Å². The molecule has 1 heterocycles. The second-order valence-corrected chi connectivity index (χ2v) is 6.08. The predicted molar refractivity (Wildman–Crippen MR) is 93.8 cm³/mol. The topological polar surface area (TPSA) is 42.2 Å². The number of rotatable bonds is 4. The Morgan fingerprint density at radius 1 is 1.12 bits per heavy atom. The first-order valence-corrected chi connectivity index (χ1v) is 7.91. The minimum atomic E-state index is -4.34. The number of alkyl halides is 3. The minimum absolute atomic E-state index is 0.449. The summed E-state index contributed by atoms with van der Waals surface area (Å²) in [7, 11) is 0. The van der Waals surface area contributed by atoms with Gasteiger partial charge in [-0.25, -0.2) is 4.79 Å². The van der Waals surface area contributed by atoms with Gasteiger partial charge in [-0.15, -0.1) is 0 Å². The molecule has 1 aromatic heterocycles. The van der Waals surface area contributed by atoms with E-state index in [1.165, 1.54) is 12.1 Å². The van der Waals surface area contributed by atoms with E-state index < -0.39 is 17.7 Å². The number of carbonyl (C=O) groups is 1. The van der Waals surface area contributed by atoms with E-state index in [1.807, 2.05) is 35.0 Å². The van der Waals surface area contributed by atoms with Gasteiger partial charge in [0.05, 0.1) is 5.56 Å². The lowest BCUT2D eigenvalue weighted by molar-refractivity contribution is -0.137. The van der Waals surface area contributed by atoms with Crippen LogP contribution in [-0.2, 0) is 17.5 Å². The molecule has 0 fully saturated rings. The predicted octanol–water partition coefficient (Wildman–Crippen LogP) is 5.20. The molecular formula is C20H16F3NO2. The van der Waals surface area contributed by atoms with Gasteiger partial charge in [0.25, 0.3) is 0 Å². The summed E-state index contributed by atoms with van der Waals surface area (Å²) in [6.07, 6.45) is -1.32. The molecule has 0 spiro atoms. The fraction of sp³-hybridized carbons (Fsp3) is 0.150. The van der Waals surface area contributed by atoms with Crippen LogP contribution in [0.4, 0.5) is 13.2 Å². The molecule has 0 saturated heterocycles. The molecule has 3 rings (SSSR count). The van der Waals surface area contributed by atoms with Crippen LogP contribution in [0.15, 0.2) is 60.8 Å². The van der Waals surface area contributed by atoms with Gasteiger partial charge in [0.2, 0.25) is 0 Å². The molecule has 0 amide bonds. The fourth-order valence-electron chi connectivity index (χ4n) is 2.85. The second kappa shape index (κ2) is 6.71. The summed E-state index contributed by atoms with van der Waals surface area (Å²) in [5, 5.41) is 9.78. The van der Waals surface area contributed by atoms with Gasteiger partial charge in [-0.05, 0) is 54.0 Å². The van der Waals surface area contributed by atoms with E-state index in [1.54, 1.807) is 6.92 Å². The van der Waals surface area contributed by atoms with Crippen LogP contribution in [0.1, 0.15) is 23.6 Å². The third-order valence-corrected chi connectivity index (χ3v) is 4.20. The molecule has 0 aliphatic rings. The standard InChI is InChI=1S/C20H16F3NO2/c1-13(10-19(25)26)15-4-7-18-16(11-15)8-9-24(18)12-14-2-5-17(6-3-14)20(21,22)23/h2-11H,12H2,1H3,(H,25,26)/b13-10+. The normalized spacial score (nSPS) is 12.5. The number of halogens is 3. The highest BCUT2D eigenvalue weighted by Gasteiger charge is 2.29.